The number of hydrogen-bond donors (Lipinski definition) is 5. The van der Waals surface area contributed by atoms with Crippen LogP contribution >= 0.6 is 0 Å². The van der Waals surface area contributed by atoms with Crippen molar-refractivity contribution in [3.05, 3.63) is 89.5 Å². The van der Waals surface area contributed by atoms with Crippen molar-refractivity contribution >= 4 is 28.9 Å². The van der Waals surface area contributed by atoms with Gasteiger partial charge in [-0.3, -0.25) is 4.79 Å². The number of aromatic hydroxyl groups is 1. The summed E-state index contributed by atoms with van der Waals surface area (Å²) in [5.41, 5.74) is 5.59. The van der Waals surface area contributed by atoms with E-state index in [2.05, 4.69) is 51.8 Å². The van der Waals surface area contributed by atoms with Crippen molar-refractivity contribution in [3.8, 4) is 5.75 Å². The first-order chi connectivity index (χ1) is 15.0. The van der Waals surface area contributed by atoms with Crippen LogP contribution in [0.5, 0.6) is 5.75 Å². The van der Waals surface area contributed by atoms with E-state index < -0.39 is 0 Å². The molecule has 1 aromatic heterocycles. The number of hydrogen-bond acceptors (Lipinski definition) is 4. The second-order valence-corrected chi connectivity index (χ2v) is 7.59. The Morgan fingerprint density at radius 2 is 1.97 bits per heavy atom. The Morgan fingerprint density at radius 1 is 1.16 bits per heavy atom. The molecule has 31 heavy (non-hydrogen) atoms. The van der Waals surface area contributed by atoms with E-state index in [1.165, 1.54) is 5.56 Å². The van der Waals surface area contributed by atoms with E-state index >= 15 is 0 Å². The SMILES string of the molecule is C=C(NCCCc1ccccc1)Nc1c(C)ccc2c1/C(=C/c1[nH]ccc1O)C(=O)N2. The molecule has 2 heterocycles. The van der Waals surface area contributed by atoms with Gasteiger partial charge in [-0.2, -0.15) is 0 Å². The van der Waals surface area contributed by atoms with Crippen LogP contribution in [0.2, 0.25) is 0 Å². The minimum absolute atomic E-state index is 0.0976. The molecule has 6 heteroatoms. The molecule has 0 saturated carbocycles. The second kappa shape index (κ2) is 8.83. The molecule has 1 amide bonds. The Bertz CT molecular complexity index is 1150. The molecule has 6 nitrogen and oxygen atoms in total. The fraction of sp³-hybridized carbons (Fsp3) is 0.160. The number of H-pyrrole nitrogens is 1. The lowest BCUT2D eigenvalue weighted by molar-refractivity contribution is -0.110. The third kappa shape index (κ3) is 4.48. The highest BCUT2D eigenvalue weighted by atomic mass is 16.3. The first kappa shape index (κ1) is 20.3. The lowest BCUT2D eigenvalue weighted by Crippen LogP contribution is -2.21. The third-order valence-corrected chi connectivity index (χ3v) is 5.32. The summed E-state index contributed by atoms with van der Waals surface area (Å²) in [4.78, 5) is 15.6. The zero-order valence-corrected chi connectivity index (χ0v) is 17.5. The van der Waals surface area contributed by atoms with E-state index in [1.807, 2.05) is 25.1 Å². The number of fused-ring (bicyclic) bond motifs is 1. The molecular formula is C25H26N4O2. The fourth-order valence-electron chi connectivity index (χ4n) is 3.70. The fourth-order valence-corrected chi connectivity index (χ4v) is 3.70. The number of aryl methyl sites for hydroxylation is 2. The predicted molar refractivity (Wildman–Crippen MR) is 126 cm³/mol. The van der Waals surface area contributed by atoms with E-state index in [1.54, 1.807) is 18.3 Å². The third-order valence-electron chi connectivity index (χ3n) is 5.32. The average Bonchev–Trinajstić information content (AvgIpc) is 3.31. The molecule has 158 valence electrons. The second-order valence-electron chi connectivity index (χ2n) is 7.59. The molecule has 4 rings (SSSR count). The van der Waals surface area contributed by atoms with E-state index in [-0.39, 0.29) is 11.7 Å². The zero-order valence-electron chi connectivity index (χ0n) is 17.5. The van der Waals surface area contributed by atoms with Gasteiger partial charge in [0.05, 0.1) is 28.5 Å². The number of benzene rings is 2. The molecule has 0 spiro atoms. The van der Waals surface area contributed by atoms with Crippen LogP contribution in [0.15, 0.2) is 67.1 Å². The smallest absolute Gasteiger partial charge is 0.256 e. The summed E-state index contributed by atoms with van der Waals surface area (Å²) in [6.45, 7) is 6.87. The molecule has 0 bridgehead atoms. The summed E-state index contributed by atoms with van der Waals surface area (Å²) >= 11 is 0. The van der Waals surface area contributed by atoms with E-state index in [9.17, 15) is 9.90 Å². The van der Waals surface area contributed by atoms with Crippen LogP contribution in [0.3, 0.4) is 0 Å². The normalized spacial score (nSPS) is 13.7. The van der Waals surface area contributed by atoms with Gasteiger partial charge >= 0.3 is 0 Å². The van der Waals surface area contributed by atoms with Crippen molar-refractivity contribution in [2.45, 2.75) is 19.8 Å². The number of carbonyl (C=O) groups is 1. The molecule has 3 aromatic rings. The first-order valence-corrected chi connectivity index (χ1v) is 10.3. The minimum Gasteiger partial charge on any atom is -0.506 e. The van der Waals surface area contributed by atoms with Crippen LogP contribution in [0.1, 0.15) is 28.8 Å². The summed E-state index contributed by atoms with van der Waals surface area (Å²) in [5, 5.41) is 19.5. The Hall–Kier alpha value is -3.93. The molecule has 0 radical (unpaired) electrons. The molecule has 2 aromatic carbocycles. The maximum absolute atomic E-state index is 12.6. The van der Waals surface area contributed by atoms with Crippen LogP contribution in [0.25, 0.3) is 11.6 Å². The summed E-state index contributed by atoms with van der Waals surface area (Å²) < 4.78 is 0. The number of nitrogens with one attached hydrogen (secondary N) is 4. The van der Waals surface area contributed by atoms with Gasteiger partial charge in [-0.1, -0.05) is 43.0 Å². The number of anilines is 2. The van der Waals surface area contributed by atoms with Crippen LogP contribution in [0, 0.1) is 6.92 Å². The van der Waals surface area contributed by atoms with Crippen molar-refractivity contribution in [2.24, 2.45) is 0 Å². The Morgan fingerprint density at radius 3 is 2.71 bits per heavy atom. The van der Waals surface area contributed by atoms with Gasteiger partial charge in [0.1, 0.15) is 5.75 Å². The van der Waals surface area contributed by atoms with Crippen LogP contribution in [0.4, 0.5) is 11.4 Å². The Labute approximate surface area is 181 Å². The van der Waals surface area contributed by atoms with Crippen molar-refractivity contribution in [1.82, 2.24) is 10.3 Å². The molecule has 0 fully saturated rings. The maximum Gasteiger partial charge on any atom is 0.256 e. The first-order valence-electron chi connectivity index (χ1n) is 10.3. The maximum atomic E-state index is 12.6. The highest BCUT2D eigenvalue weighted by molar-refractivity contribution is 6.36. The molecule has 1 aliphatic heterocycles. The van der Waals surface area contributed by atoms with Gasteiger partial charge in [0.15, 0.2) is 0 Å². The molecule has 0 atom stereocenters. The molecule has 5 N–H and O–H groups in total. The van der Waals surface area contributed by atoms with E-state index in [0.29, 0.717) is 17.1 Å². The lowest BCUT2D eigenvalue weighted by atomic mass is 10.00. The van der Waals surface area contributed by atoms with Crippen LogP contribution in [-0.4, -0.2) is 22.5 Å². The zero-order chi connectivity index (χ0) is 21.8. The number of rotatable bonds is 8. The van der Waals surface area contributed by atoms with Crippen LogP contribution in [-0.2, 0) is 11.2 Å². The largest absolute Gasteiger partial charge is 0.506 e. The van der Waals surface area contributed by atoms with Gasteiger partial charge in [0, 0.05) is 18.3 Å². The van der Waals surface area contributed by atoms with Crippen molar-refractivity contribution < 1.29 is 9.90 Å². The molecule has 0 aliphatic carbocycles. The van der Waals surface area contributed by atoms with Gasteiger partial charge in [-0.15, -0.1) is 0 Å². The summed E-state index contributed by atoms with van der Waals surface area (Å²) in [6, 6.07) is 15.8. The average molecular weight is 415 g/mol. The van der Waals surface area contributed by atoms with Gasteiger partial charge in [0.25, 0.3) is 5.91 Å². The minimum atomic E-state index is -0.209. The van der Waals surface area contributed by atoms with Gasteiger partial charge in [-0.25, -0.2) is 0 Å². The number of carbonyl (C=O) groups excluding carboxylic acids is 1. The monoisotopic (exact) mass is 414 g/mol. The van der Waals surface area contributed by atoms with E-state index in [0.717, 1.165) is 41.9 Å². The highest BCUT2D eigenvalue weighted by Gasteiger charge is 2.28. The summed E-state index contributed by atoms with van der Waals surface area (Å²) in [5.74, 6) is 0.561. The highest BCUT2D eigenvalue weighted by Crippen LogP contribution is 2.41. The molecule has 0 unspecified atom stereocenters. The number of aromatic amines is 1. The standard InChI is InChI=1S/C25H26N4O2/c1-16-10-11-20-23(19(25(31)29-20)15-21-22(30)12-14-27-21)24(16)28-17(2)26-13-6-9-18-7-4-3-5-8-18/h3-5,7-8,10-12,14-15,26-28,30H,2,6,9,13H2,1H3,(H,29,31)/b19-15-. The van der Waals surface area contributed by atoms with Crippen LogP contribution < -0.4 is 16.0 Å². The molecule has 0 saturated heterocycles. The Kier molecular flexibility index (Phi) is 5.80. The van der Waals surface area contributed by atoms with Gasteiger partial charge in [0.2, 0.25) is 0 Å². The van der Waals surface area contributed by atoms with Crippen molar-refractivity contribution in [3.63, 3.8) is 0 Å². The van der Waals surface area contributed by atoms with Gasteiger partial charge < -0.3 is 26.0 Å². The lowest BCUT2D eigenvalue weighted by Gasteiger charge is -2.17. The number of amides is 1. The quantitative estimate of drug-likeness (QED) is 0.275. The molecule has 1 aliphatic rings. The van der Waals surface area contributed by atoms with Crippen molar-refractivity contribution in [1.29, 1.82) is 0 Å². The van der Waals surface area contributed by atoms with Gasteiger partial charge in [-0.05, 0) is 49.1 Å². The van der Waals surface area contributed by atoms with Crippen molar-refractivity contribution in [2.75, 3.05) is 17.2 Å². The topological polar surface area (TPSA) is 89.2 Å². The number of aromatic nitrogens is 1. The summed E-state index contributed by atoms with van der Waals surface area (Å²) in [6.07, 6.45) is 5.27. The van der Waals surface area contributed by atoms with E-state index in [4.69, 9.17) is 0 Å². The summed E-state index contributed by atoms with van der Waals surface area (Å²) in [7, 11) is 0. The molecular weight excluding hydrogens is 388 g/mol. The predicted octanol–water partition coefficient (Wildman–Crippen LogP) is 4.63. The Balaban J connectivity index is 1.49.